The van der Waals surface area contributed by atoms with Crippen molar-refractivity contribution in [3.8, 4) is 0 Å². The van der Waals surface area contributed by atoms with E-state index in [0.717, 1.165) is 38.8 Å². The van der Waals surface area contributed by atoms with Gasteiger partial charge < -0.3 is 11.1 Å². The number of carbonyl (C=O) groups is 1. The first kappa shape index (κ1) is 12.5. The predicted molar refractivity (Wildman–Crippen MR) is 62.4 cm³/mol. The zero-order valence-electron chi connectivity index (χ0n) is 10.2. The van der Waals surface area contributed by atoms with Gasteiger partial charge >= 0.3 is 0 Å². The topological polar surface area (TPSA) is 55.1 Å². The normalized spacial score (nSPS) is 20.5. The van der Waals surface area contributed by atoms with Crippen LogP contribution in [0.3, 0.4) is 0 Å². The van der Waals surface area contributed by atoms with E-state index >= 15 is 0 Å². The van der Waals surface area contributed by atoms with Gasteiger partial charge in [0.25, 0.3) is 0 Å². The molecule has 88 valence electrons. The van der Waals surface area contributed by atoms with Gasteiger partial charge in [-0.2, -0.15) is 0 Å². The molecule has 0 unspecified atom stereocenters. The lowest BCUT2D eigenvalue weighted by atomic mass is 9.85. The lowest BCUT2D eigenvalue weighted by Gasteiger charge is -2.28. The maximum Gasteiger partial charge on any atom is 0.224 e. The average molecular weight is 212 g/mol. The molecule has 0 aromatic heterocycles. The monoisotopic (exact) mass is 212 g/mol. The van der Waals surface area contributed by atoms with Crippen molar-refractivity contribution >= 4 is 5.91 Å². The van der Waals surface area contributed by atoms with Crippen LogP contribution in [0, 0.1) is 10.8 Å². The van der Waals surface area contributed by atoms with Crippen LogP contribution >= 0.6 is 0 Å². The molecular weight excluding hydrogens is 188 g/mol. The van der Waals surface area contributed by atoms with E-state index in [-0.39, 0.29) is 16.7 Å². The molecule has 0 spiro atoms. The predicted octanol–water partition coefficient (Wildman–Crippen LogP) is 1.67. The summed E-state index contributed by atoms with van der Waals surface area (Å²) in [5.74, 6) is -0.124. The molecule has 0 heterocycles. The third kappa shape index (κ3) is 3.49. The summed E-state index contributed by atoms with van der Waals surface area (Å²) in [4.78, 5) is 11.5. The van der Waals surface area contributed by atoms with Crippen molar-refractivity contribution in [2.45, 2.75) is 46.5 Å². The number of nitrogens with one attached hydrogen (secondary N) is 1. The second-order valence-electron chi connectivity index (χ2n) is 6.02. The molecule has 0 aromatic carbocycles. The molecule has 1 aliphatic rings. The lowest BCUT2D eigenvalue weighted by Crippen LogP contribution is -2.44. The van der Waals surface area contributed by atoms with Gasteiger partial charge in [-0.05, 0) is 18.3 Å². The maximum absolute atomic E-state index is 11.5. The Bertz CT molecular complexity index is 224. The second-order valence-corrected chi connectivity index (χ2v) is 6.02. The van der Waals surface area contributed by atoms with Crippen LogP contribution in [0.5, 0.6) is 0 Å². The molecule has 0 aromatic rings. The van der Waals surface area contributed by atoms with E-state index in [0.29, 0.717) is 0 Å². The number of carbonyl (C=O) groups excluding carboxylic acids is 1. The van der Waals surface area contributed by atoms with E-state index in [9.17, 15) is 4.79 Å². The summed E-state index contributed by atoms with van der Waals surface area (Å²) in [5.41, 5.74) is 5.51. The molecule has 1 rings (SSSR count). The first-order valence-electron chi connectivity index (χ1n) is 5.86. The van der Waals surface area contributed by atoms with Crippen molar-refractivity contribution in [2.24, 2.45) is 16.6 Å². The van der Waals surface area contributed by atoms with Gasteiger partial charge in [0.05, 0.1) is 5.41 Å². The third-order valence-electron chi connectivity index (χ3n) is 3.20. The van der Waals surface area contributed by atoms with Crippen molar-refractivity contribution in [2.75, 3.05) is 13.1 Å². The van der Waals surface area contributed by atoms with Gasteiger partial charge in [0.1, 0.15) is 0 Å². The van der Waals surface area contributed by atoms with Gasteiger partial charge in [-0.15, -0.1) is 0 Å². The Morgan fingerprint density at radius 3 is 2.27 bits per heavy atom. The zero-order chi connectivity index (χ0) is 11.5. The number of hydrogen-bond donors (Lipinski definition) is 2. The van der Waals surface area contributed by atoms with Crippen molar-refractivity contribution in [3.05, 3.63) is 0 Å². The van der Waals surface area contributed by atoms with E-state index in [1.54, 1.807) is 0 Å². The summed E-state index contributed by atoms with van der Waals surface area (Å²) in [5, 5.41) is 3.39. The molecule has 0 atom stereocenters. The minimum atomic E-state index is -0.259. The zero-order valence-corrected chi connectivity index (χ0v) is 10.2. The Morgan fingerprint density at radius 2 is 1.87 bits per heavy atom. The Morgan fingerprint density at radius 1 is 1.33 bits per heavy atom. The summed E-state index contributed by atoms with van der Waals surface area (Å²) in [6, 6.07) is 0. The van der Waals surface area contributed by atoms with Gasteiger partial charge in [0, 0.05) is 13.1 Å². The molecule has 0 radical (unpaired) electrons. The summed E-state index contributed by atoms with van der Waals surface area (Å²) in [6.45, 7) is 8.24. The smallest absolute Gasteiger partial charge is 0.224 e. The van der Waals surface area contributed by atoms with Crippen LogP contribution in [-0.2, 0) is 4.79 Å². The summed E-state index contributed by atoms with van der Waals surface area (Å²) in [7, 11) is 0. The number of hydrogen-bond acceptors (Lipinski definition) is 2. The molecule has 1 amide bonds. The standard InChI is InChI=1S/C12H24N2O/c1-11(2,3)8-14-9-12(10(13)15)6-4-5-7-12/h14H,4-9H2,1-3H3,(H2,13,15). The molecule has 3 N–H and O–H groups in total. The van der Waals surface area contributed by atoms with E-state index in [2.05, 4.69) is 26.1 Å². The Kier molecular flexibility index (Phi) is 3.77. The molecule has 0 bridgehead atoms. The van der Waals surface area contributed by atoms with Gasteiger partial charge in [-0.3, -0.25) is 4.79 Å². The van der Waals surface area contributed by atoms with Crippen molar-refractivity contribution in [3.63, 3.8) is 0 Å². The first-order chi connectivity index (χ1) is 6.86. The minimum Gasteiger partial charge on any atom is -0.369 e. The van der Waals surface area contributed by atoms with Crippen LogP contribution in [-0.4, -0.2) is 19.0 Å². The summed E-state index contributed by atoms with van der Waals surface area (Å²) >= 11 is 0. The van der Waals surface area contributed by atoms with E-state index < -0.39 is 0 Å². The van der Waals surface area contributed by atoms with Crippen molar-refractivity contribution < 1.29 is 4.79 Å². The number of rotatable bonds is 4. The maximum atomic E-state index is 11.5. The molecule has 3 nitrogen and oxygen atoms in total. The second kappa shape index (κ2) is 4.52. The molecule has 1 saturated carbocycles. The first-order valence-corrected chi connectivity index (χ1v) is 5.86. The fourth-order valence-corrected chi connectivity index (χ4v) is 2.24. The highest BCUT2D eigenvalue weighted by Crippen LogP contribution is 2.37. The fourth-order valence-electron chi connectivity index (χ4n) is 2.24. The third-order valence-corrected chi connectivity index (χ3v) is 3.20. The lowest BCUT2D eigenvalue weighted by molar-refractivity contribution is -0.127. The fraction of sp³-hybridized carbons (Fsp3) is 0.917. The molecular formula is C12H24N2O. The Labute approximate surface area is 92.8 Å². The van der Waals surface area contributed by atoms with E-state index in [1.807, 2.05) is 0 Å². The van der Waals surface area contributed by atoms with Gasteiger partial charge in [-0.1, -0.05) is 33.6 Å². The van der Waals surface area contributed by atoms with Crippen LogP contribution < -0.4 is 11.1 Å². The highest BCUT2D eigenvalue weighted by Gasteiger charge is 2.39. The quantitative estimate of drug-likeness (QED) is 0.744. The summed E-state index contributed by atoms with van der Waals surface area (Å²) < 4.78 is 0. The minimum absolute atomic E-state index is 0.124. The molecule has 1 fully saturated rings. The van der Waals surface area contributed by atoms with Gasteiger partial charge in [-0.25, -0.2) is 0 Å². The Hall–Kier alpha value is -0.570. The molecule has 0 saturated heterocycles. The summed E-state index contributed by atoms with van der Waals surface area (Å²) in [6.07, 6.45) is 4.19. The molecule has 3 heteroatoms. The molecule has 1 aliphatic carbocycles. The van der Waals surface area contributed by atoms with E-state index in [4.69, 9.17) is 5.73 Å². The van der Waals surface area contributed by atoms with Gasteiger partial charge in [0.15, 0.2) is 0 Å². The number of amides is 1. The number of primary amides is 1. The molecule has 15 heavy (non-hydrogen) atoms. The van der Waals surface area contributed by atoms with Crippen LogP contribution in [0.1, 0.15) is 46.5 Å². The highest BCUT2D eigenvalue weighted by molar-refractivity contribution is 5.81. The largest absolute Gasteiger partial charge is 0.369 e. The van der Waals surface area contributed by atoms with E-state index in [1.165, 1.54) is 0 Å². The van der Waals surface area contributed by atoms with Crippen molar-refractivity contribution in [1.82, 2.24) is 5.32 Å². The Balaban J connectivity index is 2.43. The number of nitrogens with two attached hydrogens (primary N) is 1. The average Bonchev–Trinajstić information content (AvgIpc) is 2.51. The van der Waals surface area contributed by atoms with Crippen LogP contribution in [0.15, 0.2) is 0 Å². The SMILES string of the molecule is CC(C)(C)CNCC1(C(N)=O)CCCC1. The van der Waals surface area contributed by atoms with Crippen molar-refractivity contribution in [1.29, 1.82) is 0 Å². The van der Waals surface area contributed by atoms with Crippen LogP contribution in [0.4, 0.5) is 0 Å². The van der Waals surface area contributed by atoms with Gasteiger partial charge in [0.2, 0.25) is 5.91 Å². The van der Waals surface area contributed by atoms with Crippen LogP contribution in [0.25, 0.3) is 0 Å². The molecule has 0 aliphatic heterocycles. The van der Waals surface area contributed by atoms with Crippen LogP contribution in [0.2, 0.25) is 0 Å². The highest BCUT2D eigenvalue weighted by atomic mass is 16.1.